The number of likely N-dealkylation sites (N-methyl/N-ethyl adjacent to an activating group) is 1. The van der Waals surface area contributed by atoms with Crippen molar-refractivity contribution >= 4 is 34.5 Å². The average molecular weight is 606 g/mol. The molecule has 1 aliphatic rings. The van der Waals surface area contributed by atoms with E-state index in [0.717, 1.165) is 68.1 Å². The van der Waals surface area contributed by atoms with E-state index in [4.69, 9.17) is 30.8 Å². The van der Waals surface area contributed by atoms with Crippen LogP contribution in [0.5, 0.6) is 17.2 Å². The first-order valence-corrected chi connectivity index (χ1v) is 15.0. The molecule has 1 fully saturated rings. The number of nitrogens with zero attached hydrogens (tertiary/aromatic N) is 4. The van der Waals surface area contributed by atoms with Gasteiger partial charge >= 0.3 is 0 Å². The molecular formula is C33H40ClN5O4. The second-order valence-electron chi connectivity index (χ2n) is 10.9. The number of hydrogen-bond acceptors (Lipinski definition) is 7. The zero-order valence-corrected chi connectivity index (χ0v) is 26.1. The molecule has 228 valence electrons. The number of aromatic amines is 1. The Kier molecular flexibility index (Phi) is 9.94. The summed E-state index contributed by atoms with van der Waals surface area (Å²) in [6.07, 6.45) is 1.96. The summed E-state index contributed by atoms with van der Waals surface area (Å²) in [5.74, 6) is 2.31. The zero-order chi connectivity index (χ0) is 30.3. The van der Waals surface area contributed by atoms with Gasteiger partial charge in [0.15, 0.2) is 11.5 Å². The summed E-state index contributed by atoms with van der Waals surface area (Å²) in [6, 6.07) is 19.5. The third kappa shape index (κ3) is 7.17. The van der Waals surface area contributed by atoms with Crippen LogP contribution in [0.15, 0.2) is 60.7 Å². The molecule has 3 aromatic carbocycles. The molecule has 0 spiro atoms. The van der Waals surface area contributed by atoms with Crippen LogP contribution in [0.2, 0.25) is 5.02 Å². The minimum absolute atomic E-state index is 0.116. The minimum atomic E-state index is -0.116. The Balaban J connectivity index is 1.26. The van der Waals surface area contributed by atoms with Gasteiger partial charge in [0.2, 0.25) is 11.7 Å². The number of rotatable bonds is 11. The first kappa shape index (κ1) is 30.5. The van der Waals surface area contributed by atoms with Gasteiger partial charge in [0.05, 0.1) is 32.4 Å². The molecule has 1 unspecified atom stereocenters. The minimum Gasteiger partial charge on any atom is -0.493 e. The summed E-state index contributed by atoms with van der Waals surface area (Å²) >= 11 is 6.22. The molecule has 9 nitrogen and oxygen atoms in total. The number of aromatic nitrogens is 2. The summed E-state index contributed by atoms with van der Waals surface area (Å²) in [5, 5.41) is 0.697. The summed E-state index contributed by atoms with van der Waals surface area (Å²) in [6.45, 7) is 5.31. The molecule has 1 aliphatic heterocycles. The molecule has 1 saturated heterocycles. The Morgan fingerprint density at radius 1 is 0.977 bits per heavy atom. The fourth-order valence-electron chi connectivity index (χ4n) is 5.77. The lowest BCUT2D eigenvalue weighted by Gasteiger charge is -2.28. The molecule has 1 aromatic heterocycles. The maximum absolute atomic E-state index is 13.6. The molecule has 0 bridgehead atoms. The van der Waals surface area contributed by atoms with Gasteiger partial charge in [0.25, 0.3) is 5.91 Å². The van der Waals surface area contributed by atoms with Crippen LogP contribution in [0.25, 0.3) is 11.0 Å². The maximum atomic E-state index is 13.6. The molecule has 5 rings (SSSR count). The third-order valence-corrected chi connectivity index (χ3v) is 8.40. The van der Waals surface area contributed by atoms with E-state index in [0.29, 0.717) is 34.4 Å². The molecule has 1 amide bonds. The number of nitrogens with one attached hydrogen (secondary N) is 1. The van der Waals surface area contributed by atoms with Crippen LogP contribution < -0.4 is 19.1 Å². The lowest BCUT2D eigenvalue weighted by atomic mass is 9.94. The van der Waals surface area contributed by atoms with Crippen molar-refractivity contribution in [2.75, 3.05) is 72.5 Å². The van der Waals surface area contributed by atoms with Crippen molar-refractivity contribution < 1.29 is 19.0 Å². The van der Waals surface area contributed by atoms with Gasteiger partial charge in [-0.25, -0.2) is 4.98 Å². The largest absolute Gasteiger partial charge is 0.493 e. The highest BCUT2D eigenvalue weighted by molar-refractivity contribution is 6.30. The van der Waals surface area contributed by atoms with E-state index in [1.165, 1.54) is 0 Å². The smallest absolute Gasteiger partial charge is 0.253 e. The number of para-hydroxylation sites is 2. The summed E-state index contributed by atoms with van der Waals surface area (Å²) < 4.78 is 16.4. The highest BCUT2D eigenvalue weighted by atomic mass is 35.5. The zero-order valence-electron chi connectivity index (χ0n) is 25.3. The average Bonchev–Trinajstić information content (AvgIpc) is 3.33. The number of imidazole rings is 1. The van der Waals surface area contributed by atoms with Gasteiger partial charge in [-0.3, -0.25) is 4.79 Å². The number of amides is 1. The van der Waals surface area contributed by atoms with Crippen molar-refractivity contribution in [2.45, 2.75) is 18.8 Å². The Bertz CT molecular complexity index is 1470. The number of halogens is 1. The predicted molar refractivity (Wildman–Crippen MR) is 171 cm³/mol. The van der Waals surface area contributed by atoms with Crippen molar-refractivity contribution in [3.05, 3.63) is 76.8 Å². The standard InChI is InChI=1S/C33H40ClN5O4/c1-37(32(40)25-20-29(41-2)31(43-4)30(21-25)42-3)22-24(23-10-12-26(34)13-11-23)14-17-38-15-7-16-39(19-18-38)33-35-27-8-5-6-9-28(27)36-33/h5-6,8-13,20-21,24H,7,14-19,22H2,1-4H3,(H,35,36). The van der Waals surface area contributed by atoms with Gasteiger partial charge < -0.3 is 33.9 Å². The van der Waals surface area contributed by atoms with E-state index in [-0.39, 0.29) is 11.8 Å². The number of ether oxygens (including phenoxy) is 3. The van der Waals surface area contributed by atoms with Gasteiger partial charge in [0.1, 0.15) is 0 Å². The third-order valence-electron chi connectivity index (χ3n) is 8.15. The summed E-state index contributed by atoms with van der Waals surface area (Å²) in [4.78, 5) is 28.5. The number of carbonyl (C=O) groups excluding carboxylic acids is 1. The Morgan fingerprint density at radius 2 is 1.70 bits per heavy atom. The van der Waals surface area contributed by atoms with Crippen LogP contribution >= 0.6 is 11.6 Å². The van der Waals surface area contributed by atoms with E-state index in [1.807, 2.05) is 37.4 Å². The number of benzene rings is 3. The molecule has 1 N–H and O–H groups in total. The van der Waals surface area contributed by atoms with Crippen molar-refractivity contribution in [3.8, 4) is 17.2 Å². The van der Waals surface area contributed by atoms with E-state index in [2.05, 4.69) is 33.0 Å². The fraction of sp³-hybridized carbons (Fsp3) is 0.394. The molecule has 0 radical (unpaired) electrons. The van der Waals surface area contributed by atoms with Crippen LogP contribution in [0.1, 0.15) is 34.7 Å². The molecule has 4 aromatic rings. The highest BCUT2D eigenvalue weighted by Gasteiger charge is 2.24. The highest BCUT2D eigenvalue weighted by Crippen LogP contribution is 2.38. The van der Waals surface area contributed by atoms with Crippen molar-refractivity contribution in [2.24, 2.45) is 0 Å². The molecule has 2 heterocycles. The van der Waals surface area contributed by atoms with Gasteiger partial charge in [-0.15, -0.1) is 0 Å². The Morgan fingerprint density at radius 3 is 2.37 bits per heavy atom. The predicted octanol–water partition coefficient (Wildman–Crippen LogP) is 5.70. The maximum Gasteiger partial charge on any atom is 0.253 e. The van der Waals surface area contributed by atoms with Gasteiger partial charge in [-0.2, -0.15) is 0 Å². The van der Waals surface area contributed by atoms with Crippen molar-refractivity contribution in [3.63, 3.8) is 0 Å². The lowest BCUT2D eigenvalue weighted by molar-refractivity contribution is 0.0782. The van der Waals surface area contributed by atoms with Gasteiger partial charge in [0, 0.05) is 49.7 Å². The van der Waals surface area contributed by atoms with E-state index in [1.54, 1.807) is 38.4 Å². The summed E-state index contributed by atoms with van der Waals surface area (Å²) in [7, 11) is 6.48. The van der Waals surface area contributed by atoms with Crippen LogP contribution in [0.3, 0.4) is 0 Å². The number of methoxy groups -OCH3 is 3. The first-order valence-electron chi connectivity index (χ1n) is 14.6. The quantitative estimate of drug-likeness (QED) is 0.235. The second kappa shape index (κ2) is 14.0. The molecular weight excluding hydrogens is 566 g/mol. The van der Waals surface area contributed by atoms with Crippen molar-refractivity contribution in [1.29, 1.82) is 0 Å². The number of anilines is 1. The molecule has 0 aliphatic carbocycles. The number of hydrogen-bond donors (Lipinski definition) is 1. The van der Waals surface area contributed by atoms with Crippen LogP contribution in [-0.2, 0) is 0 Å². The van der Waals surface area contributed by atoms with E-state index >= 15 is 0 Å². The topological polar surface area (TPSA) is 83.2 Å². The Hall–Kier alpha value is -3.95. The van der Waals surface area contributed by atoms with Crippen LogP contribution in [-0.4, -0.2) is 93.3 Å². The van der Waals surface area contributed by atoms with Gasteiger partial charge in [-0.1, -0.05) is 35.9 Å². The normalized spacial score (nSPS) is 14.8. The fourth-order valence-corrected chi connectivity index (χ4v) is 5.90. The molecule has 0 saturated carbocycles. The second-order valence-corrected chi connectivity index (χ2v) is 11.3. The molecule has 43 heavy (non-hydrogen) atoms. The van der Waals surface area contributed by atoms with Crippen LogP contribution in [0, 0.1) is 0 Å². The van der Waals surface area contributed by atoms with Crippen molar-refractivity contribution in [1.82, 2.24) is 19.8 Å². The van der Waals surface area contributed by atoms with E-state index < -0.39 is 0 Å². The molecule has 1 atom stereocenters. The first-order chi connectivity index (χ1) is 20.9. The van der Waals surface area contributed by atoms with E-state index in [9.17, 15) is 4.79 Å². The van der Waals surface area contributed by atoms with Crippen LogP contribution in [0.4, 0.5) is 5.95 Å². The lowest BCUT2D eigenvalue weighted by Crippen LogP contribution is -2.35. The number of carbonyl (C=O) groups is 1. The number of H-pyrrole nitrogens is 1. The number of fused-ring (bicyclic) bond motifs is 1. The molecule has 10 heteroatoms. The Labute approximate surface area is 258 Å². The SMILES string of the molecule is COc1cc(C(=O)N(C)CC(CCN2CCCN(c3nc4ccccc4[nH]3)CC2)c2ccc(Cl)cc2)cc(OC)c1OC. The monoisotopic (exact) mass is 605 g/mol. The van der Waals surface area contributed by atoms with Gasteiger partial charge in [-0.05, 0) is 67.9 Å². The summed E-state index contributed by atoms with van der Waals surface area (Å²) in [5.41, 5.74) is 3.70.